The van der Waals surface area contributed by atoms with Crippen LogP contribution in [0.3, 0.4) is 0 Å². The summed E-state index contributed by atoms with van der Waals surface area (Å²) in [6, 6.07) is 11.5. The van der Waals surface area contributed by atoms with Gasteiger partial charge >= 0.3 is 5.97 Å². The predicted octanol–water partition coefficient (Wildman–Crippen LogP) is 3.54. The Hall–Kier alpha value is -2.19. The summed E-state index contributed by atoms with van der Waals surface area (Å²) in [4.78, 5) is 11.5. The van der Waals surface area contributed by atoms with Crippen LogP contribution in [-0.2, 0) is 25.9 Å². The van der Waals surface area contributed by atoms with Crippen molar-refractivity contribution in [2.24, 2.45) is 0 Å². The maximum Gasteiger partial charge on any atom is 0.321 e. The number of methoxy groups -OCH3 is 1. The topological polar surface area (TPSA) is 65.4 Å². The van der Waals surface area contributed by atoms with Gasteiger partial charge in [-0.3, -0.25) is 4.79 Å². The highest BCUT2D eigenvalue weighted by Gasteiger charge is 2.25. The fourth-order valence-corrected chi connectivity index (χ4v) is 4.52. The van der Waals surface area contributed by atoms with Gasteiger partial charge in [0.25, 0.3) is 0 Å². The molecule has 136 valence electrons. The van der Waals surface area contributed by atoms with Gasteiger partial charge in [-0.2, -0.15) is 0 Å². The van der Waals surface area contributed by atoms with Crippen LogP contribution >= 0.6 is 15.9 Å². The molecule has 0 fully saturated rings. The highest BCUT2D eigenvalue weighted by Crippen LogP contribution is 2.28. The molecule has 0 unspecified atom stereocenters. The fourth-order valence-electron chi connectivity index (χ4n) is 2.73. The molecule has 0 aliphatic rings. The first kappa shape index (κ1) is 18.6. The van der Waals surface area contributed by atoms with E-state index in [1.165, 1.54) is 12.3 Å². The van der Waals surface area contributed by atoms with E-state index in [9.17, 15) is 17.6 Å². The number of esters is 1. The number of nitrogens with zero attached hydrogens (tertiary/aromatic N) is 1. The molecule has 0 aliphatic heterocycles. The summed E-state index contributed by atoms with van der Waals surface area (Å²) >= 11 is 3.31. The van der Waals surface area contributed by atoms with E-state index in [0.717, 1.165) is 11.6 Å². The number of sulfone groups is 1. The van der Waals surface area contributed by atoms with Crippen LogP contribution in [0.25, 0.3) is 10.9 Å². The third-order valence-corrected chi connectivity index (χ3v) is 6.08. The minimum Gasteiger partial charge on any atom is -0.468 e. The Morgan fingerprint density at radius 2 is 1.96 bits per heavy atom. The van der Waals surface area contributed by atoms with Crippen LogP contribution < -0.4 is 0 Å². The molecule has 26 heavy (non-hydrogen) atoms. The number of fused-ring (bicyclic) bond motifs is 1. The number of hydrogen-bond donors (Lipinski definition) is 0. The van der Waals surface area contributed by atoms with E-state index >= 15 is 0 Å². The molecule has 0 atom stereocenters. The van der Waals surface area contributed by atoms with Crippen molar-refractivity contribution >= 4 is 42.6 Å². The number of para-hydroxylation sites is 1. The molecule has 0 saturated heterocycles. The number of carbonyl (C=O) groups excluding carboxylic acids is 1. The van der Waals surface area contributed by atoms with E-state index in [-0.39, 0.29) is 17.3 Å². The Balaban J connectivity index is 2.11. The molecule has 3 aromatic rings. The van der Waals surface area contributed by atoms with Gasteiger partial charge in [-0.05, 0) is 24.3 Å². The van der Waals surface area contributed by atoms with E-state index in [2.05, 4.69) is 20.7 Å². The molecule has 5 nitrogen and oxygen atoms in total. The largest absolute Gasteiger partial charge is 0.468 e. The van der Waals surface area contributed by atoms with Crippen LogP contribution in [0.15, 0.2) is 58.0 Å². The normalized spacial score (nSPS) is 11.7. The average Bonchev–Trinajstić information content (AvgIpc) is 2.97. The molecule has 2 aromatic carbocycles. The maximum absolute atomic E-state index is 14.1. The Morgan fingerprint density at radius 3 is 2.69 bits per heavy atom. The van der Waals surface area contributed by atoms with Crippen LogP contribution in [0.4, 0.5) is 4.39 Å². The van der Waals surface area contributed by atoms with Crippen molar-refractivity contribution in [3.05, 3.63) is 64.5 Å². The van der Waals surface area contributed by atoms with Crippen LogP contribution in [-0.4, -0.2) is 31.8 Å². The molecule has 0 amide bonds. The highest BCUT2D eigenvalue weighted by atomic mass is 79.9. The van der Waals surface area contributed by atoms with Crippen LogP contribution in [0.5, 0.6) is 0 Å². The smallest absolute Gasteiger partial charge is 0.321 e. The molecule has 1 aromatic heterocycles. The Bertz CT molecular complexity index is 1090. The number of rotatable bonds is 5. The predicted molar refractivity (Wildman–Crippen MR) is 99.2 cm³/mol. The van der Waals surface area contributed by atoms with E-state index in [1.54, 1.807) is 41.0 Å². The quantitative estimate of drug-likeness (QED) is 0.570. The molecule has 0 radical (unpaired) electrons. The van der Waals surface area contributed by atoms with Gasteiger partial charge in [-0.15, -0.1) is 0 Å². The van der Waals surface area contributed by atoms with Gasteiger partial charge in [0.05, 0.1) is 18.6 Å². The summed E-state index contributed by atoms with van der Waals surface area (Å²) in [6.45, 7) is 0.152. The van der Waals surface area contributed by atoms with Crippen molar-refractivity contribution in [1.29, 1.82) is 0 Å². The van der Waals surface area contributed by atoms with Crippen LogP contribution in [0.2, 0.25) is 0 Å². The minimum absolute atomic E-state index is 0.0221. The Morgan fingerprint density at radius 1 is 1.23 bits per heavy atom. The molecule has 0 bridgehead atoms. The molecule has 0 N–H and O–H groups in total. The van der Waals surface area contributed by atoms with Gasteiger partial charge in [-0.1, -0.05) is 34.1 Å². The van der Waals surface area contributed by atoms with E-state index in [0.29, 0.717) is 16.5 Å². The van der Waals surface area contributed by atoms with Crippen molar-refractivity contribution in [1.82, 2.24) is 4.57 Å². The summed E-state index contributed by atoms with van der Waals surface area (Å²) in [5, 5.41) is 0.479. The van der Waals surface area contributed by atoms with Crippen molar-refractivity contribution in [3.63, 3.8) is 0 Å². The number of aromatic nitrogens is 1. The number of benzene rings is 2. The minimum atomic E-state index is -3.89. The molecule has 8 heteroatoms. The number of hydrogen-bond acceptors (Lipinski definition) is 4. The maximum atomic E-state index is 14.1. The third kappa shape index (κ3) is 3.66. The first-order valence-corrected chi connectivity index (χ1v) is 10.1. The lowest BCUT2D eigenvalue weighted by atomic mass is 10.2. The van der Waals surface area contributed by atoms with Gasteiger partial charge in [0, 0.05) is 27.1 Å². The van der Waals surface area contributed by atoms with Gasteiger partial charge in [-0.25, -0.2) is 12.8 Å². The molecular weight excluding hydrogens is 425 g/mol. The standard InChI is InChI=1S/C18H15BrFNO4S/c1-25-18(22)11-26(23,24)17-10-21(16-5-3-2-4-14(16)17)9-12-8-13(19)6-7-15(12)20/h2-8,10H,9,11H2,1H3. The monoisotopic (exact) mass is 439 g/mol. The van der Waals surface area contributed by atoms with Crippen LogP contribution in [0.1, 0.15) is 5.56 Å². The average molecular weight is 440 g/mol. The molecule has 0 aliphatic carbocycles. The summed E-state index contributed by atoms with van der Waals surface area (Å²) in [5.41, 5.74) is 1.05. The Kier molecular flexibility index (Phi) is 5.15. The molecule has 1 heterocycles. The first-order valence-electron chi connectivity index (χ1n) is 7.63. The van der Waals surface area contributed by atoms with Gasteiger partial charge in [0.15, 0.2) is 15.6 Å². The fraction of sp³-hybridized carbons (Fsp3) is 0.167. The van der Waals surface area contributed by atoms with Crippen molar-refractivity contribution in [2.45, 2.75) is 11.4 Å². The molecule has 0 saturated carbocycles. The first-order chi connectivity index (χ1) is 12.3. The second-order valence-electron chi connectivity index (χ2n) is 5.71. The SMILES string of the molecule is COC(=O)CS(=O)(=O)c1cn(Cc2cc(Br)ccc2F)c2ccccc12. The zero-order chi connectivity index (χ0) is 18.9. The van der Waals surface area contributed by atoms with E-state index in [1.807, 2.05) is 0 Å². The Labute approximate surface area is 158 Å². The second kappa shape index (κ2) is 7.20. The summed E-state index contributed by atoms with van der Waals surface area (Å²) in [5.74, 6) is -1.97. The summed E-state index contributed by atoms with van der Waals surface area (Å²) in [7, 11) is -2.75. The molecule has 0 spiro atoms. The highest BCUT2D eigenvalue weighted by molar-refractivity contribution is 9.10. The lowest BCUT2D eigenvalue weighted by Crippen LogP contribution is -2.17. The summed E-state index contributed by atoms with van der Waals surface area (Å²) in [6.07, 6.45) is 1.43. The van der Waals surface area contributed by atoms with E-state index < -0.39 is 21.6 Å². The zero-order valence-electron chi connectivity index (χ0n) is 13.8. The van der Waals surface area contributed by atoms with Gasteiger partial charge in [0.2, 0.25) is 0 Å². The van der Waals surface area contributed by atoms with Gasteiger partial charge < -0.3 is 9.30 Å². The lowest BCUT2D eigenvalue weighted by molar-refractivity contribution is -0.137. The van der Waals surface area contributed by atoms with Gasteiger partial charge in [0.1, 0.15) is 5.82 Å². The second-order valence-corrected chi connectivity index (χ2v) is 8.58. The number of ether oxygens (including phenoxy) is 1. The zero-order valence-corrected chi connectivity index (χ0v) is 16.2. The van der Waals surface area contributed by atoms with Crippen molar-refractivity contribution < 1.29 is 22.3 Å². The van der Waals surface area contributed by atoms with Crippen molar-refractivity contribution in [2.75, 3.05) is 12.9 Å². The van der Waals surface area contributed by atoms with Crippen molar-refractivity contribution in [3.8, 4) is 0 Å². The molecular formula is C18H15BrFNO4S. The molecule has 3 rings (SSSR count). The summed E-state index contributed by atoms with van der Waals surface area (Å²) < 4.78 is 46.2. The van der Waals surface area contributed by atoms with E-state index in [4.69, 9.17) is 0 Å². The lowest BCUT2D eigenvalue weighted by Gasteiger charge is -2.07. The van der Waals surface area contributed by atoms with Crippen LogP contribution in [0, 0.1) is 5.82 Å². The third-order valence-electron chi connectivity index (χ3n) is 3.97. The number of carbonyl (C=O) groups is 1. The number of halogens is 2.